The van der Waals surface area contributed by atoms with E-state index < -0.39 is 0 Å². The maximum atomic E-state index is 11.9. The molecule has 0 aliphatic rings. The minimum Gasteiger partial charge on any atom is -0.357 e. The molecule has 0 saturated carbocycles. The largest absolute Gasteiger partial charge is 0.357 e. The molecule has 8 heteroatoms. The molecule has 0 aliphatic carbocycles. The molecule has 1 aromatic rings. The Kier molecular flexibility index (Phi) is 12.0. The van der Waals surface area contributed by atoms with Gasteiger partial charge in [0.05, 0.1) is 13.1 Å². The van der Waals surface area contributed by atoms with Crippen molar-refractivity contribution in [1.29, 1.82) is 0 Å². The molecule has 3 N–H and O–H groups in total. The van der Waals surface area contributed by atoms with E-state index >= 15 is 0 Å². The van der Waals surface area contributed by atoms with Crippen LogP contribution < -0.4 is 20.9 Å². The Morgan fingerprint density at radius 1 is 1.15 bits per heavy atom. The van der Waals surface area contributed by atoms with E-state index in [1.165, 1.54) is 0 Å². The zero-order valence-electron chi connectivity index (χ0n) is 17.4. The van der Waals surface area contributed by atoms with E-state index in [2.05, 4.69) is 44.7 Å². The average molecular weight is 490 g/mol. The van der Waals surface area contributed by atoms with Gasteiger partial charge in [0.25, 0.3) is 0 Å². The first-order chi connectivity index (χ1) is 12.3. The minimum absolute atomic E-state index is 0. The maximum Gasteiger partial charge on any atom is 0.239 e. The monoisotopic (exact) mass is 490 g/mol. The van der Waals surface area contributed by atoms with Crippen molar-refractivity contribution in [3.63, 3.8) is 0 Å². The molecule has 0 saturated heterocycles. The summed E-state index contributed by atoms with van der Waals surface area (Å²) in [6.45, 7) is 15.4. The summed E-state index contributed by atoms with van der Waals surface area (Å²) in [5, 5.41) is 9.13. The lowest BCUT2D eigenvalue weighted by atomic mass is 10.1. The SMILES string of the molecule is CCNC(=NCc1ccc(N(CC)CC)nc1)NCC(=O)NC(C)(C)C.I. The third-order valence-electron chi connectivity index (χ3n) is 3.59. The summed E-state index contributed by atoms with van der Waals surface area (Å²) in [5.74, 6) is 1.53. The zero-order valence-corrected chi connectivity index (χ0v) is 19.8. The van der Waals surface area contributed by atoms with Gasteiger partial charge in [0.1, 0.15) is 5.82 Å². The molecule has 0 bridgehead atoms. The molecule has 1 rings (SSSR count). The molecule has 0 radical (unpaired) electrons. The summed E-state index contributed by atoms with van der Waals surface area (Å²) in [5.41, 5.74) is 0.782. The Labute approximate surface area is 180 Å². The lowest BCUT2D eigenvalue weighted by Gasteiger charge is -2.21. The topological polar surface area (TPSA) is 81.7 Å². The van der Waals surface area contributed by atoms with Crippen LogP contribution in [0.4, 0.5) is 5.82 Å². The second kappa shape index (κ2) is 12.7. The van der Waals surface area contributed by atoms with E-state index in [1.54, 1.807) is 0 Å². The second-order valence-electron chi connectivity index (χ2n) is 7.04. The molecule has 27 heavy (non-hydrogen) atoms. The van der Waals surface area contributed by atoms with Gasteiger partial charge < -0.3 is 20.9 Å². The van der Waals surface area contributed by atoms with Gasteiger partial charge in [-0.25, -0.2) is 9.98 Å². The third-order valence-corrected chi connectivity index (χ3v) is 3.59. The fourth-order valence-electron chi connectivity index (χ4n) is 2.38. The Morgan fingerprint density at radius 3 is 2.30 bits per heavy atom. The number of halogens is 1. The van der Waals surface area contributed by atoms with Crippen LogP contribution in [0.3, 0.4) is 0 Å². The minimum atomic E-state index is -0.244. The maximum absolute atomic E-state index is 11.9. The number of nitrogens with one attached hydrogen (secondary N) is 3. The van der Waals surface area contributed by atoms with E-state index in [0.717, 1.165) is 31.0 Å². The fourth-order valence-corrected chi connectivity index (χ4v) is 2.38. The van der Waals surface area contributed by atoms with E-state index in [1.807, 2.05) is 46.0 Å². The van der Waals surface area contributed by atoms with Crippen LogP contribution in [0.25, 0.3) is 0 Å². The summed E-state index contributed by atoms with van der Waals surface area (Å²) in [6, 6.07) is 4.06. The van der Waals surface area contributed by atoms with Gasteiger partial charge in [-0.2, -0.15) is 0 Å². The zero-order chi connectivity index (χ0) is 19.6. The molecule has 0 fully saturated rings. The molecule has 0 unspecified atom stereocenters. The van der Waals surface area contributed by atoms with Crippen molar-refractivity contribution in [3.8, 4) is 0 Å². The van der Waals surface area contributed by atoms with Crippen molar-refractivity contribution in [3.05, 3.63) is 23.9 Å². The van der Waals surface area contributed by atoms with Gasteiger partial charge >= 0.3 is 0 Å². The van der Waals surface area contributed by atoms with Crippen molar-refractivity contribution >= 4 is 41.7 Å². The summed E-state index contributed by atoms with van der Waals surface area (Å²) in [4.78, 5) is 23.2. The predicted octanol–water partition coefficient (Wildman–Crippen LogP) is 2.52. The molecule has 0 spiro atoms. The van der Waals surface area contributed by atoms with Crippen molar-refractivity contribution in [2.75, 3.05) is 31.1 Å². The number of aromatic nitrogens is 1. The quantitative estimate of drug-likeness (QED) is 0.297. The van der Waals surface area contributed by atoms with E-state index in [4.69, 9.17) is 0 Å². The molecule has 1 heterocycles. The molecular weight excluding hydrogens is 455 g/mol. The first-order valence-corrected chi connectivity index (χ1v) is 9.32. The molecule has 1 aromatic heterocycles. The van der Waals surface area contributed by atoms with Crippen molar-refractivity contribution in [1.82, 2.24) is 20.9 Å². The van der Waals surface area contributed by atoms with Gasteiger partial charge in [0.15, 0.2) is 5.96 Å². The number of guanidine groups is 1. The van der Waals surface area contributed by atoms with Gasteiger partial charge in [0, 0.05) is 31.4 Å². The second-order valence-corrected chi connectivity index (χ2v) is 7.04. The number of hydrogen-bond donors (Lipinski definition) is 3. The van der Waals surface area contributed by atoms with Crippen molar-refractivity contribution in [2.24, 2.45) is 4.99 Å². The average Bonchev–Trinajstić information content (AvgIpc) is 2.58. The van der Waals surface area contributed by atoms with E-state index in [-0.39, 0.29) is 42.0 Å². The van der Waals surface area contributed by atoms with Crippen LogP contribution in [-0.4, -0.2) is 48.6 Å². The van der Waals surface area contributed by atoms with Crippen LogP contribution in [0.2, 0.25) is 0 Å². The lowest BCUT2D eigenvalue weighted by Crippen LogP contribution is -2.48. The van der Waals surface area contributed by atoms with Gasteiger partial charge in [-0.15, -0.1) is 24.0 Å². The molecular formula is C19H35IN6O. The van der Waals surface area contributed by atoms with Crippen LogP contribution >= 0.6 is 24.0 Å². The number of carbonyl (C=O) groups excluding carboxylic acids is 1. The fraction of sp³-hybridized carbons (Fsp3) is 0.632. The summed E-state index contributed by atoms with van der Waals surface area (Å²) < 4.78 is 0. The number of carbonyl (C=O) groups is 1. The number of aliphatic imine (C=N–C) groups is 1. The molecule has 0 aromatic carbocycles. The summed E-state index contributed by atoms with van der Waals surface area (Å²) >= 11 is 0. The van der Waals surface area contributed by atoms with Crippen LogP contribution in [0.5, 0.6) is 0 Å². The number of amides is 1. The Morgan fingerprint density at radius 2 is 1.81 bits per heavy atom. The highest BCUT2D eigenvalue weighted by molar-refractivity contribution is 14.0. The molecule has 1 amide bonds. The summed E-state index contributed by atoms with van der Waals surface area (Å²) in [6.07, 6.45) is 1.85. The van der Waals surface area contributed by atoms with Gasteiger partial charge in [-0.05, 0) is 53.2 Å². The van der Waals surface area contributed by atoms with E-state index in [0.29, 0.717) is 12.5 Å². The molecule has 7 nitrogen and oxygen atoms in total. The molecule has 154 valence electrons. The number of rotatable bonds is 8. The Balaban J connectivity index is 0.00000676. The Hall–Kier alpha value is -1.58. The molecule has 0 atom stereocenters. The highest BCUT2D eigenvalue weighted by atomic mass is 127. The normalized spacial score (nSPS) is 11.4. The van der Waals surface area contributed by atoms with Gasteiger partial charge in [-0.3, -0.25) is 4.79 Å². The van der Waals surface area contributed by atoms with Crippen molar-refractivity contribution in [2.45, 2.75) is 53.6 Å². The van der Waals surface area contributed by atoms with Crippen LogP contribution in [-0.2, 0) is 11.3 Å². The first-order valence-electron chi connectivity index (χ1n) is 9.32. The van der Waals surface area contributed by atoms with Crippen LogP contribution in [0, 0.1) is 0 Å². The first kappa shape index (κ1) is 25.4. The lowest BCUT2D eigenvalue weighted by molar-refractivity contribution is -0.121. The van der Waals surface area contributed by atoms with Crippen LogP contribution in [0.15, 0.2) is 23.3 Å². The van der Waals surface area contributed by atoms with E-state index in [9.17, 15) is 4.79 Å². The smallest absolute Gasteiger partial charge is 0.239 e. The van der Waals surface area contributed by atoms with Gasteiger partial charge in [-0.1, -0.05) is 6.07 Å². The molecule has 0 aliphatic heterocycles. The standard InChI is InChI=1S/C19H34N6O.HI/c1-7-20-18(23-14-17(26)24-19(4,5)6)22-13-15-10-11-16(21-12-15)25(8-2)9-3;/h10-12H,7-9,13-14H2,1-6H3,(H,24,26)(H2,20,22,23);1H. The van der Waals surface area contributed by atoms with Crippen LogP contribution in [0.1, 0.15) is 47.1 Å². The number of pyridine rings is 1. The highest BCUT2D eigenvalue weighted by Crippen LogP contribution is 2.11. The van der Waals surface area contributed by atoms with Crippen molar-refractivity contribution < 1.29 is 4.79 Å². The third kappa shape index (κ3) is 10.4. The number of nitrogens with zero attached hydrogens (tertiary/aromatic N) is 3. The number of anilines is 1. The van der Waals surface area contributed by atoms with Gasteiger partial charge in [0.2, 0.25) is 5.91 Å². The highest BCUT2D eigenvalue weighted by Gasteiger charge is 2.13. The predicted molar refractivity (Wildman–Crippen MR) is 124 cm³/mol. The summed E-state index contributed by atoms with van der Waals surface area (Å²) in [7, 11) is 0. The number of hydrogen-bond acceptors (Lipinski definition) is 4. The Bertz CT molecular complexity index is 579.